The van der Waals surface area contributed by atoms with Crippen molar-refractivity contribution in [2.24, 2.45) is 0 Å². The van der Waals surface area contributed by atoms with Crippen molar-refractivity contribution in [3.05, 3.63) is 58.5 Å². The Kier molecular flexibility index (Phi) is 4.35. The summed E-state index contributed by atoms with van der Waals surface area (Å²) in [6, 6.07) is 8.27. The molecule has 25 heavy (non-hydrogen) atoms. The Morgan fingerprint density at radius 3 is 2.24 bits per heavy atom. The van der Waals surface area contributed by atoms with Crippen molar-refractivity contribution in [3.63, 3.8) is 0 Å². The van der Waals surface area contributed by atoms with Crippen LogP contribution in [0.3, 0.4) is 0 Å². The molecule has 1 heterocycles. The largest absolute Gasteiger partial charge is 0.479 e. The van der Waals surface area contributed by atoms with Crippen LogP contribution in [0.5, 0.6) is 5.88 Å². The molecule has 0 atom stereocenters. The van der Waals surface area contributed by atoms with Crippen molar-refractivity contribution < 1.29 is 13.9 Å². The van der Waals surface area contributed by atoms with E-state index in [0.717, 1.165) is 11.1 Å². The minimum atomic E-state index is -0.507. The zero-order valence-corrected chi connectivity index (χ0v) is 14.5. The number of carbonyl (C=O) groups is 1. The van der Waals surface area contributed by atoms with Crippen molar-refractivity contribution in [3.8, 4) is 5.88 Å². The Balaban J connectivity index is 2.02. The first-order chi connectivity index (χ1) is 11.9. The number of hydrogen-bond acceptors (Lipinski definition) is 4. The van der Waals surface area contributed by atoms with E-state index in [1.165, 1.54) is 13.2 Å². The van der Waals surface area contributed by atoms with Crippen LogP contribution in [0, 0.1) is 26.6 Å². The van der Waals surface area contributed by atoms with Gasteiger partial charge < -0.3 is 10.1 Å². The first kappa shape index (κ1) is 16.8. The fourth-order valence-corrected chi connectivity index (χ4v) is 2.45. The molecule has 0 saturated carbocycles. The summed E-state index contributed by atoms with van der Waals surface area (Å²) >= 11 is 0. The number of anilines is 1. The van der Waals surface area contributed by atoms with Crippen molar-refractivity contribution in [2.45, 2.75) is 20.8 Å². The van der Waals surface area contributed by atoms with E-state index in [1.54, 1.807) is 19.1 Å². The molecular weight excluding hydrogens is 321 g/mol. The molecule has 3 rings (SSSR count). The molecule has 0 unspecified atom stereocenters. The number of fused-ring (bicyclic) bond motifs is 1. The van der Waals surface area contributed by atoms with Gasteiger partial charge in [-0.2, -0.15) is 0 Å². The lowest BCUT2D eigenvalue weighted by molar-refractivity contribution is 0.101. The standard InChI is InChI=1S/C19H18FN3O2/c1-10-5-6-13(9-14(10)20)21-18(24)17-19(25-4)23-16-8-12(3)11(2)7-15(16)22-17/h5-9H,1-4H3,(H,21,24). The second-order valence-corrected chi connectivity index (χ2v) is 5.92. The van der Waals surface area contributed by atoms with Gasteiger partial charge in [0, 0.05) is 5.69 Å². The molecule has 0 aliphatic rings. The van der Waals surface area contributed by atoms with Crippen LogP contribution in [-0.2, 0) is 0 Å². The molecule has 0 spiro atoms. The topological polar surface area (TPSA) is 64.1 Å². The van der Waals surface area contributed by atoms with Crippen LogP contribution in [0.15, 0.2) is 30.3 Å². The Labute approximate surface area is 144 Å². The SMILES string of the molecule is COc1nc2cc(C)c(C)cc2nc1C(=O)Nc1ccc(C)c(F)c1. The molecule has 0 aliphatic carbocycles. The van der Waals surface area contributed by atoms with Gasteiger partial charge in [-0.25, -0.2) is 14.4 Å². The molecule has 6 heteroatoms. The highest BCUT2D eigenvalue weighted by molar-refractivity contribution is 6.05. The lowest BCUT2D eigenvalue weighted by Crippen LogP contribution is -2.16. The summed E-state index contributed by atoms with van der Waals surface area (Å²) in [5.41, 5.74) is 4.29. The van der Waals surface area contributed by atoms with Gasteiger partial charge >= 0.3 is 0 Å². The van der Waals surface area contributed by atoms with Gasteiger partial charge in [-0.1, -0.05) is 6.07 Å². The lowest BCUT2D eigenvalue weighted by atomic mass is 10.1. The number of hydrogen-bond donors (Lipinski definition) is 1. The van der Waals surface area contributed by atoms with Crippen LogP contribution in [0.2, 0.25) is 0 Å². The van der Waals surface area contributed by atoms with Crippen LogP contribution in [-0.4, -0.2) is 23.0 Å². The maximum Gasteiger partial charge on any atom is 0.279 e. The number of rotatable bonds is 3. The number of halogens is 1. The molecule has 0 fully saturated rings. The van der Waals surface area contributed by atoms with Gasteiger partial charge in [0.25, 0.3) is 5.91 Å². The third-order valence-electron chi connectivity index (χ3n) is 4.09. The van der Waals surface area contributed by atoms with Gasteiger partial charge in [0.1, 0.15) is 5.82 Å². The van der Waals surface area contributed by atoms with Crippen LogP contribution in [0.1, 0.15) is 27.2 Å². The molecule has 128 valence electrons. The van der Waals surface area contributed by atoms with Crippen LogP contribution >= 0.6 is 0 Å². The Morgan fingerprint density at radius 2 is 1.64 bits per heavy atom. The molecular formula is C19H18FN3O2. The van der Waals surface area contributed by atoms with Gasteiger partial charge in [0.05, 0.1) is 18.1 Å². The summed E-state index contributed by atoms with van der Waals surface area (Å²) in [5, 5.41) is 2.63. The quantitative estimate of drug-likeness (QED) is 0.784. The Bertz CT molecular complexity index is 986. The van der Waals surface area contributed by atoms with Crippen molar-refractivity contribution in [1.82, 2.24) is 9.97 Å². The Morgan fingerprint density at radius 1 is 1.00 bits per heavy atom. The minimum Gasteiger partial charge on any atom is -0.479 e. The van der Waals surface area contributed by atoms with E-state index in [4.69, 9.17) is 4.74 Å². The molecule has 3 aromatic rings. The zero-order valence-electron chi connectivity index (χ0n) is 14.5. The molecule has 1 amide bonds. The normalized spacial score (nSPS) is 10.8. The molecule has 0 bridgehead atoms. The number of amides is 1. The summed E-state index contributed by atoms with van der Waals surface area (Å²) in [7, 11) is 1.43. The maximum absolute atomic E-state index is 13.7. The second-order valence-electron chi connectivity index (χ2n) is 5.92. The van der Waals surface area contributed by atoms with Crippen molar-refractivity contribution >= 4 is 22.6 Å². The smallest absolute Gasteiger partial charge is 0.279 e. The van der Waals surface area contributed by atoms with Gasteiger partial charge in [-0.15, -0.1) is 0 Å². The third-order valence-corrected chi connectivity index (χ3v) is 4.09. The monoisotopic (exact) mass is 339 g/mol. The summed E-state index contributed by atoms with van der Waals surface area (Å²) < 4.78 is 18.9. The summed E-state index contributed by atoms with van der Waals surface area (Å²) in [4.78, 5) is 21.3. The summed E-state index contributed by atoms with van der Waals surface area (Å²) in [5.74, 6) is -0.769. The van der Waals surface area contributed by atoms with E-state index >= 15 is 0 Å². The van der Waals surface area contributed by atoms with Gasteiger partial charge in [0.2, 0.25) is 5.88 Å². The highest BCUT2D eigenvalue weighted by atomic mass is 19.1. The second kappa shape index (κ2) is 6.47. The Hall–Kier alpha value is -3.02. The summed E-state index contributed by atoms with van der Waals surface area (Å²) in [6.45, 7) is 5.61. The van der Waals surface area contributed by atoms with E-state index in [2.05, 4.69) is 15.3 Å². The van der Waals surface area contributed by atoms with E-state index < -0.39 is 5.91 Å². The van der Waals surface area contributed by atoms with Gasteiger partial charge in [0.15, 0.2) is 5.69 Å². The predicted molar refractivity (Wildman–Crippen MR) is 94.7 cm³/mol. The number of nitrogens with one attached hydrogen (secondary N) is 1. The fraction of sp³-hybridized carbons (Fsp3) is 0.211. The average Bonchev–Trinajstić information content (AvgIpc) is 2.58. The van der Waals surface area contributed by atoms with E-state index in [0.29, 0.717) is 22.3 Å². The predicted octanol–water partition coefficient (Wildman–Crippen LogP) is 3.96. The van der Waals surface area contributed by atoms with Crippen molar-refractivity contribution in [2.75, 3.05) is 12.4 Å². The van der Waals surface area contributed by atoms with E-state index in [1.807, 2.05) is 26.0 Å². The molecule has 0 aliphatic heterocycles. The molecule has 2 aromatic carbocycles. The highest BCUT2D eigenvalue weighted by Gasteiger charge is 2.18. The van der Waals surface area contributed by atoms with E-state index in [-0.39, 0.29) is 17.4 Å². The first-order valence-corrected chi connectivity index (χ1v) is 7.79. The summed E-state index contributed by atoms with van der Waals surface area (Å²) in [6.07, 6.45) is 0. The number of benzene rings is 2. The number of methoxy groups -OCH3 is 1. The van der Waals surface area contributed by atoms with E-state index in [9.17, 15) is 9.18 Å². The number of aryl methyl sites for hydroxylation is 3. The highest BCUT2D eigenvalue weighted by Crippen LogP contribution is 2.23. The number of carbonyl (C=O) groups excluding carboxylic acids is 1. The van der Waals surface area contributed by atoms with Crippen LogP contribution < -0.4 is 10.1 Å². The molecule has 5 nitrogen and oxygen atoms in total. The zero-order chi connectivity index (χ0) is 18.1. The van der Waals surface area contributed by atoms with Crippen molar-refractivity contribution in [1.29, 1.82) is 0 Å². The number of nitrogens with zero attached hydrogens (tertiary/aromatic N) is 2. The molecule has 1 aromatic heterocycles. The molecule has 0 saturated heterocycles. The third kappa shape index (κ3) is 3.28. The van der Waals surface area contributed by atoms with Gasteiger partial charge in [-0.3, -0.25) is 4.79 Å². The maximum atomic E-state index is 13.7. The lowest BCUT2D eigenvalue weighted by Gasteiger charge is -2.11. The minimum absolute atomic E-state index is 0.0548. The van der Waals surface area contributed by atoms with Crippen LogP contribution in [0.4, 0.5) is 10.1 Å². The number of ether oxygens (including phenoxy) is 1. The molecule has 1 N–H and O–H groups in total. The molecule has 0 radical (unpaired) electrons. The van der Waals surface area contributed by atoms with Crippen LogP contribution in [0.25, 0.3) is 11.0 Å². The fourth-order valence-electron chi connectivity index (χ4n) is 2.45. The van der Waals surface area contributed by atoms with Gasteiger partial charge in [-0.05, 0) is 61.7 Å². The average molecular weight is 339 g/mol. The first-order valence-electron chi connectivity index (χ1n) is 7.79. The number of aromatic nitrogens is 2.